The highest BCUT2D eigenvalue weighted by Crippen LogP contribution is 2.13. The van der Waals surface area contributed by atoms with Crippen molar-refractivity contribution >= 4 is 11.8 Å². The first-order chi connectivity index (χ1) is 11.5. The van der Waals surface area contributed by atoms with Crippen LogP contribution in [0.2, 0.25) is 0 Å². The van der Waals surface area contributed by atoms with E-state index < -0.39 is 0 Å². The molecule has 0 spiro atoms. The van der Waals surface area contributed by atoms with Gasteiger partial charge in [-0.2, -0.15) is 0 Å². The van der Waals surface area contributed by atoms with Crippen LogP contribution in [-0.4, -0.2) is 51.6 Å². The Morgan fingerprint density at radius 2 is 2.08 bits per heavy atom. The Morgan fingerprint density at radius 1 is 1.29 bits per heavy atom. The van der Waals surface area contributed by atoms with Crippen LogP contribution in [-0.2, 0) is 17.8 Å². The van der Waals surface area contributed by atoms with E-state index in [1.165, 1.54) is 19.3 Å². The number of fused-ring (bicyclic) bond motifs is 1. The number of aromatic nitrogens is 3. The predicted molar refractivity (Wildman–Crippen MR) is 91.6 cm³/mol. The van der Waals surface area contributed by atoms with E-state index in [0.29, 0.717) is 44.2 Å². The Bertz CT molecular complexity index is 569. The van der Waals surface area contributed by atoms with Crippen LogP contribution in [0.15, 0.2) is 0 Å². The number of nitrogens with zero attached hydrogens (tertiary/aromatic N) is 4. The molecule has 1 aliphatic rings. The number of likely N-dealkylation sites (N-methyl/N-ethyl adjacent to an activating group) is 1. The monoisotopic (exact) mass is 335 g/mol. The molecule has 1 unspecified atom stereocenters. The Morgan fingerprint density at radius 3 is 2.83 bits per heavy atom. The Balaban J connectivity index is 1.74. The van der Waals surface area contributed by atoms with Gasteiger partial charge in [0.1, 0.15) is 5.82 Å². The normalized spacial score (nSPS) is 15.3. The number of hydrogen-bond donors (Lipinski definition) is 1. The molecule has 1 N–H and O–H groups in total. The molecule has 1 aromatic heterocycles. The quantitative estimate of drug-likeness (QED) is 0.696. The first kappa shape index (κ1) is 18.4. The van der Waals surface area contributed by atoms with Gasteiger partial charge in [-0.05, 0) is 5.92 Å². The third-order valence-corrected chi connectivity index (χ3v) is 4.53. The molecule has 24 heavy (non-hydrogen) atoms. The molecule has 1 atom stereocenters. The molecule has 0 bridgehead atoms. The highest BCUT2D eigenvalue weighted by molar-refractivity contribution is 5.91. The molecule has 2 rings (SSSR count). The molecule has 0 aromatic carbocycles. The number of rotatable bonds is 9. The van der Waals surface area contributed by atoms with Gasteiger partial charge in [0.05, 0.1) is 0 Å². The van der Waals surface area contributed by atoms with Crippen molar-refractivity contribution in [1.82, 2.24) is 25.0 Å². The molecule has 0 saturated heterocycles. The van der Waals surface area contributed by atoms with E-state index in [1.54, 1.807) is 11.9 Å². The number of nitrogens with one attached hydrogen (secondary N) is 1. The van der Waals surface area contributed by atoms with E-state index in [9.17, 15) is 9.59 Å². The number of hydrogen-bond acceptors (Lipinski definition) is 4. The summed E-state index contributed by atoms with van der Waals surface area (Å²) in [5, 5.41) is 11.0. The van der Waals surface area contributed by atoms with Gasteiger partial charge in [0.25, 0.3) is 5.91 Å². The lowest BCUT2D eigenvalue weighted by molar-refractivity contribution is -0.121. The van der Waals surface area contributed by atoms with Crippen molar-refractivity contribution in [3.63, 3.8) is 0 Å². The minimum Gasteiger partial charge on any atom is -0.356 e. The summed E-state index contributed by atoms with van der Waals surface area (Å²) in [5.74, 6) is 1.58. The van der Waals surface area contributed by atoms with Crippen LogP contribution >= 0.6 is 0 Å². The summed E-state index contributed by atoms with van der Waals surface area (Å²) in [7, 11) is 1.77. The molecule has 0 saturated carbocycles. The van der Waals surface area contributed by atoms with E-state index in [0.717, 1.165) is 12.2 Å². The molecule has 1 aliphatic heterocycles. The minimum absolute atomic E-state index is 0.0909. The third kappa shape index (κ3) is 4.79. The molecule has 0 radical (unpaired) electrons. The van der Waals surface area contributed by atoms with E-state index >= 15 is 0 Å². The first-order valence-electron chi connectivity index (χ1n) is 8.97. The van der Waals surface area contributed by atoms with Crippen LogP contribution in [0.25, 0.3) is 0 Å². The van der Waals surface area contributed by atoms with Crippen LogP contribution < -0.4 is 5.32 Å². The van der Waals surface area contributed by atoms with Crippen LogP contribution in [0.3, 0.4) is 0 Å². The van der Waals surface area contributed by atoms with Gasteiger partial charge in [-0.1, -0.05) is 39.5 Å². The topological polar surface area (TPSA) is 80.1 Å². The summed E-state index contributed by atoms with van der Waals surface area (Å²) in [4.78, 5) is 25.6. The standard InChI is InChI=1S/C17H29N5O2/c1-4-5-6-7-13(2)12-15(23)18-9-8-14-19-20-16-17(24)21(3)10-11-22(14)16/h13H,4-12H2,1-3H3,(H,18,23). The van der Waals surface area contributed by atoms with Crippen molar-refractivity contribution in [3.8, 4) is 0 Å². The average molecular weight is 335 g/mol. The fourth-order valence-electron chi connectivity index (χ4n) is 2.98. The summed E-state index contributed by atoms with van der Waals surface area (Å²) in [6.07, 6.45) is 5.91. The molecular formula is C17H29N5O2. The molecule has 7 heteroatoms. The molecule has 0 aliphatic carbocycles. The van der Waals surface area contributed by atoms with Crippen molar-refractivity contribution in [2.75, 3.05) is 20.1 Å². The van der Waals surface area contributed by atoms with Crippen molar-refractivity contribution in [1.29, 1.82) is 0 Å². The van der Waals surface area contributed by atoms with Gasteiger partial charge in [-0.25, -0.2) is 0 Å². The van der Waals surface area contributed by atoms with E-state index in [-0.39, 0.29) is 11.8 Å². The Labute approximate surface area is 143 Å². The van der Waals surface area contributed by atoms with Crippen molar-refractivity contribution in [2.45, 2.75) is 58.9 Å². The maximum atomic E-state index is 12.0. The summed E-state index contributed by atoms with van der Waals surface area (Å²) in [6.45, 7) is 6.22. The SMILES string of the molecule is CCCCCC(C)CC(=O)NCCc1nnc2n1CCN(C)C2=O. The predicted octanol–water partition coefficient (Wildman–Crippen LogP) is 1.63. The highest BCUT2D eigenvalue weighted by atomic mass is 16.2. The average Bonchev–Trinajstić information content (AvgIpc) is 2.95. The van der Waals surface area contributed by atoms with E-state index in [4.69, 9.17) is 0 Å². The number of unbranched alkanes of at least 4 members (excludes halogenated alkanes) is 2. The lowest BCUT2D eigenvalue weighted by atomic mass is 9.99. The highest BCUT2D eigenvalue weighted by Gasteiger charge is 2.26. The summed E-state index contributed by atoms with van der Waals surface area (Å²) in [5.41, 5.74) is 0. The first-order valence-corrected chi connectivity index (χ1v) is 8.97. The molecule has 7 nitrogen and oxygen atoms in total. The van der Waals surface area contributed by atoms with Crippen molar-refractivity contribution in [3.05, 3.63) is 11.6 Å². The van der Waals surface area contributed by atoms with Gasteiger partial charge in [0.2, 0.25) is 11.7 Å². The second-order valence-corrected chi connectivity index (χ2v) is 6.72. The van der Waals surface area contributed by atoms with Gasteiger partial charge >= 0.3 is 0 Å². The fourth-order valence-corrected chi connectivity index (χ4v) is 2.98. The van der Waals surface area contributed by atoms with Gasteiger partial charge in [0.15, 0.2) is 0 Å². The van der Waals surface area contributed by atoms with Gasteiger partial charge < -0.3 is 14.8 Å². The molecule has 134 valence electrons. The van der Waals surface area contributed by atoms with Crippen LogP contribution in [0.4, 0.5) is 0 Å². The maximum absolute atomic E-state index is 12.0. The van der Waals surface area contributed by atoms with Crippen molar-refractivity contribution in [2.24, 2.45) is 5.92 Å². The number of carbonyl (C=O) groups is 2. The number of amides is 2. The van der Waals surface area contributed by atoms with Gasteiger partial charge in [-0.15, -0.1) is 10.2 Å². The maximum Gasteiger partial charge on any atom is 0.291 e. The summed E-state index contributed by atoms with van der Waals surface area (Å²) >= 11 is 0. The molecule has 2 heterocycles. The summed E-state index contributed by atoms with van der Waals surface area (Å²) < 4.78 is 1.86. The zero-order valence-corrected chi connectivity index (χ0v) is 15.0. The fraction of sp³-hybridized carbons (Fsp3) is 0.765. The van der Waals surface area contributed by atoms with Crippen LogP contribution in [0.5, 0.6) is 0 Å². The largest absolute Gasteiger partial charge is 0.356 e. The van der Waals surface area contributed by atoms with Crippen LogP contribution in [0.1, 0.15) is 62.4 Å². The second kappa shape index (κ2) is 8.80. The van der Waals surface area contributed by atoms with E-state index in [2.05, 4.69) is 29.4 Å². The molecule has 2 amide bonds. The lowest BCUT2D eigenvalue weighted by Gasteiger charge is -2.23. The smallest absolute Gasteiger partial charge is 0.291 e. The van der Waals surface area contributed by atoms with E-state index in [1.807, 2.05) is 4.57 Å². The van der Waals surface area contributed by atoms with Crippen LogP contribution in [0, 0.1) is 5.92 Å². The van der Waals surface area contributed by atoms with Gasteiger partial charge in [0, 0.05) is 39.5 Å². The van der Waals surface area contributed by atoms with Gasteiger partial charge in [-0.3, -0.25) is 9.59 Å². The molecule has 1 aromatic rings. The zero-order valence-electron chi connectivity index (χ0n) is 15.0. The summed E-state index contributed by atoms with van der Waals surface area (Å²) in [6, 6.07) is 0. The molecule has 0 fully saturated rings. The Hall–Kier alpha value is -1.92. The Kier molecular flexibility index (Phi) is 6.75. The number of carbonyl (C=O) groups excluding carboxylic acids is 2. The minimum atomic E-state index is -0.0926. The molecular weight excluding hydrogens is 306 g/mol. The zero-order chi connectivity index (χ0) is 17.5. The lowest BCUT2D eigenvalue weighted by Crippen LogP contribution is -2.38. The second-order valence-electron chi connectivity index (χ2n) is 6.72. The van der Waals surface area contributed by atoms with Crippen molar-refractivity contribution < 1.29 is 9.59 Å². The third-order valence-electron chi connectivity index (χ3n) is 4.53.